The Balaban J connectivity index is 2.02. The van der Waals surface area contributed by atoms with E-state index in [0.717, 1.165) is 11.3 Å². The number of carbonyl (C=O) groups is 1. The molecule has 0 saturated heterocycles. The fourth-order valence-electron chi connectivity index (χ4n) is 2.73. The number of aryl methyl sites for hydroxylation is 2. The molecule has 8 heteroatoms. The molecule has 0 fully saturated rings. The number of hydrogen-bond donors (Lipinski definition) is 1. The Kier molecular flexibility index (Phi) is 4.39. The normalized spacial score (nSPS) is 11.5. The van der Waals surface area contributed by atoms with E-state index in [1.165, 1.54) is 4.68 Å². The molecule has 3 rings (SSSR count). The number of rotatable bonds is 6. The topological polar surface area (TPSA) is 90.8 Å². The van der Waals surface area contributed by atoms with E-state index in [4.69, 9.17) is 9.15 Å². The molecule has 3 aromatic rings. The molecule has 3 heterocycles. The van der Waals surface area contributed by atoms with Crippen LogP contribution in [0.2, 0.25) is 0 Å². The van der Waals surface area contributed by atoms with Crippen molar-refractivity contribution in [2.75, 3.05) is 20.3 Å². The van der Waals surface area contributed by atoms with Gasteiger partial charge in [-0.3, -0.25) is 14.0 Å². The van der Waals surface area contributed by atoms with E-state index < -0.39 is 0 Å². The molecule has 0 bridgehead atoms. The average Bonchev–Trinajstić information content (AvgIpc) is 3.07. The summed E-state index contributed by atoms with van der Waals surface area (Å²) in [5, 5.41) is 7.04. The van der Waals surface area contributed by atoms with Gasteiger partial charge in [0.1, 0.15) is 23.6 Å². The second-order valence-corrected chi connectivity index (χ2v) is 5.55. The van der Waals surface area contributed by atoms with Crippen molar-refractivity contribution in [2.24, 2.45) is 0 Å². The van der Waals surface area contributed by atoms with E-state index in [2.05, 4.69) is 10.4 Å². The predicted molar refractivity (Wildman–Crippen MR) is 88.2 cm³/mol. The van der Waals surface area contributed by atoms with Crippen LogP contribution in [0.15, 0.2) is 21.3 Å². The van der Waals surface area contributed by atoms with Crippen molar-refractivity contribution in [3.63, 3.8) is 0 Å². The lowest BCUT2D eigenvalue weighted by atomic mass is 10.4. The second kappa shape index (κ2) is 6.48. The van der Waals surface area contributed by atoms with Crippen molar-refractivity contribution in [1.82, 2.24) is 19.5 Å². The van der Waals surface area contributed by atoms with Gasteiger partial charge in [0.2, 0.25) is 5.91 Å². The maximum absolute atomic E-state index is 12.6. The number of fused-ring (bicyclic) bond motifs is 3. The third kappa shape index (κ3) is 2.80. The van der Waals surface area contributed by atoms with Gasteiger partial charge in [0.25, 0.3) is 5.56 Å². The summed E-state index contributed by atoms with van der Waals surface area (Å²) in [4.78, 5) is 24.6. The van der Waals surface area contributed by atoms with Crippen LogP contribution in [-0.2, 0) is 22.5 Å². The van der Waals surface area contributed by atoms with E-state index in [1.807, 2.05) is 19.9 Å². The second-order valence-electron chi connectivity index (χ2n) is 5.55. The molecule has 128 valence electrons. The molecule has 0 aliphatic rings. The molecule has 1 N–H and O–H groups in total. The average molecular weight is 332 g/mol. The number of methoxy groups -OCH3 is 1. The first-order valence-corrected chi connectivity index (χ1v) is 7.82. The molecule has 0 atom stereocenters. The molecule has 0 aromatic carbocycles. The zero-order valence-corrected chi connectivity index (χ0v) is 14.0. The smallest absolute Gasteiger partial charge is 0.291 e. The van der Waals surface area contributed by atoms with Crippen LogP contribution in [0.5, 0.6) is 0 Å². The molecule has 0 aliphatic heterocycles. The van der Waals surface area contributed by atoms with Gasteiger partial charge in [0.15, 0.2) is 5.58 Å². The molecular formula is C16H20N4O4. The molecule has 0 saturated carbocycles. The van der Waals surface area contributed by atoms with Gasteiger partial charge in [0.05, 0.1) is 12.1 Å². The Bertz CT molecular complexity index is 950. The maximum atomic E-state index is 12.6. The maximum Gasteiger partial charge on any atom is 0.291 e. The standard InChI is InChI=1S/C16H20N4O4/c1-4-14-18-19(9-15(21)17-5-6-23-3)16(22)12-8-13-11(20(12)14)7-10(2)24-13/h7-8H,4-6,9H2,1-3H3,(H,17,21). The third-order valence-electron chi connectivity index (χ3n) is 3.80. The van der Waals surface area contributed by atoms with Gasteiger partial charge in [-0.05, 0) is 6.92 Å². The first-order valence-electron chi connectivity index (χ1n) is 7.82. The first kappa shape index (κ1) is 16.3. The summed E-state index contributed by atoms with van der Waals surface area (Å²) in [5.41, 5.74) is 1.60. The SMILES string of the molecule is CCc1nn(CC(=O)NCCOC)c(=O)c2cc3oc(C)cc3n12. The number of carbonyl (C=O) groups excluding carboxylic acids is 1. The van der Waals surface area contributed by atoms with Crippen molar-refractivity contribution in [1.29, 1.82) is 0 Å². The van der Waals surface area contributed by atoms with Crippen LogP contribution in [0, 0.1) is 6.92 Å². The number of amides is 1. The lowest BCUT2D eigenvalue weighted by Crippen LogP contribution is -2.36. The fraction of sp³-hybridized carbons (Fsp3) is 0.438. The molecule has 24 heavy (non-hydrogen) atoms. The van der Waals surface area contributed by atoms with Crippen LogP contribution in [0.1, 0.15) is 18.5 Å². The van der Waals surface area contributed by atoms with Gasteiger partial charge in [0, 0.05) is 32.2 Å². The first-order chi connectivity index (χ1) is 11.5. The number of ether oxygens (including phenoxy) is 1. The largest absolute Gasteiger partial charge is 0.460 e. The van der Waals surface area contributed by atoms with Gasteiger partial charge in [-0.2, -0.15) is 5.10 Å². The highest BCUT2D eigenvalue weighted by Gasteiger charge is 2.17. The Morgan fingerprint density at radius 2 is 2.17 bits per heavy atom. The molecule has 0 unspecified atom stereocenters. The molecule has 0 spiro atoms. The van der Waals surface area contributed by atoms with Crippen molar-refractivity contribution in [3.8, 4) is 0 Å². The van der Waals surface area contributed by atoms with Crippen molar-refractivity contribution in [2.45, 2.75) is 26.8 Å². The van der Waals surface area contributed by atoms with E-state index in [-0.39, 0.29) is 18.0 Å². The minimum absolute atomic E-state index is 0.127. The minimum Gasteiger partial charge on any atom is -0.460 e. The van der Waals surface area contributed by atoms with Crippen molar-refractivity contribution >= 4 is 22.5 Å². The Labute approximate surface area is 138 Å². The number of hydrogen-bond acceptors (Lipinski definition) is 5. The summed E-state index contributed by atoms with van der Waals surface area (Å²) < 4.78 is 13.5. The van der Waals surface area contributed by atoms with Crippen molar-refractivity contribution < 1.29 is 13.9 Å². The number of furan rings is 1. The van der Waals surface area contributed by atoms with Gasteiger partial charge >= 0.3 is 0 Å². The highest BCUT2D eigenvalue weighted by atomic mass is 16.5. The van der Waals surface area contributed by atoms with Crippen LogP contribution < -0.4 is 10.9 Å². The Morgan fingerprint density at radius 3 is 2.88 bits per heavy atom. The van der Waals surface area contributed by atoms with Crippen LogP contribution >= 0.6 is 0 Å². The molecular weight excluding hydrogens is 312 g/mol. The zero-order valence-electron chi connectivity index (χ0n) is 14.0. The summed E-state index contributed by atoms with van der Waals surface area (Å²) in [6, 6.07) is 3.58. The van der Waals surface area contributed by atoms with Crippen molar-refractivity contribution in [3.05, 3.63) is 34.1 Å². The summed E-state index contributed by atoms with van der Waals surface area (Å²) in [7, 11) is 1.56. The molecule has 0 radical (unpaired) electrons. The molecule has 0 aliphatic carbocycles. The lowest BCUT2D eigenvalue weighted by Gasteiger charge is -2.10. The fourth-order valence-corrected chi connectivity index (χ4v) is 2.73. The highest BCUT2D eigenvalue weighted by molar-refractivity contribution is 5.83. The molecule has 1 amide bonds. The van der Waals surface area contributed by atoms with Gasteiger partial charge in [-0.25, -0.2) is 4.68 Å². The summed E-state index contributed by atoms with van der Waals surface area (Å²) in [6.45, 7) is 4.49. The van der Waals surface area contributed by atoms with Gasteiger partial charge in [-0.1, -0.05) is 6.92 Å². The van der Waals surface area contributed by atoms with Crippen LogP contribution in [0.4, 0.5) is 0 Å². The van der Waals surface area contributed by atoms with Gasteiger partial charge < -0.3 is 14.5 Å². The number of nitrogens with zero attached hydrogens (tertiary/aromatic N) is 3. The zero-order chi connectivity index (χ0) is 17.3. The predicted octanol–water partition coefficient (Wildman–Crippen LogP) is 0.876. The summed E-state index contributed by atoms with van der Waals surface area (Å²) >= 11 is 0. The Hall–Kier alpha value is -2.61. The van der Waals surface area contributed by atoms with Gasteiger partial charge in [-0.15, -0.1) is 0 Å². The van der Waals surface area contributed by atoms with E-state index in [1.54, 1.807) is 17.6 Å². The monoisotopic (exact) mass is 332 g/mol. The minimum atomic E-state index is -0.321. The highest BCUT2D eigenvalue weighted by Crippen LogP contribution is 2.23. The van der Waals surface area contributed by atoms with E-state index >= 15 is 0 Å². The Morgan fingerprint density at radius 1 is 1.38 bits per heavy atom. The quantitative estimate of drug-likeness (QED) is 0.677. The van der Waals surface area contributed by atoms with E-state index in [0.29, 0.717) is 36.5 Å². The number of aromatic nitrogens is 3. The molecule has 8 nitrogen and oxygen atoms in total. The van der Waals surface area contributed by atoms with E-state index in [9.17, 15) is 9.59 Å². The summed E-state index contributed by atoms with van der Waals surface area (Å²) in [6.07, 6.45) is 0.621. The third-order valence-corrected chi connectivity index (χ3v) is 3.80. The van der Waals surface area contributed by atoms with Crippen LogP contribution in [0.25, 0.3) is 16.6 Å². The van der Waals surface area contributed by atoms with Crippen LogP contribution in [-0.4, -0.2) is 40.3 Å². The summed E-state index contributed by atoms with van der Waals surface area (Å²) in [5.74, 6) is 1.20. The van der Waals surface area contributed by atoms with Crippen LogP contribution in [0.3, 0.4) is 0 Å². The number of nitrogens with one attached hydrogen (secondary N) is 1. The lowest BCUT2D eigenvalue weighted by molar-refractivity contribution is -0.122. The molecule has 3 aromatic heterocycles.